The van der Waals surface area contributed by atoms with Gasteiger partial charge in [-0.25, -0.2) is 0 Å². The predicted molar refractivity (Wildman–Crippen MR) is 127 cm³/mol. The molecule has 0 amide bonds. The van der Waals surface area contributed by atoms with Gasteiger partial charge >= 0.3 is 0 Å². The van der Waals surface area contributed by atoms with Crippen LogP contribution < -0.4 is 4.74 Å². The number of allylic oxidation sites excluding steroid dienone is 2. The quantitative estimate of drug-likeness (QED) is 0.248. The summed E-state index contributed by atoms with van der Waals surface area (Å²) >= 11 is 0. The van der Waals surface area contributed by atoms with E-state index in [2.05, 4.69) is 52.8 Å². The van der Waals surface area contributed by atoms with Gasteiger partial charge in [-0.1, -0.05) is 31.6 Å². The lowest BCUT2D eigenvalue weighted by atomic mass is 9.71. The fraction of sp³-hybridized carbons (Fsp3) is 0.481. The maximum Gasteiger partial charge on any atom is 0.269 e. The Balaban J connectivity index is 1.82. The van der Waals surface area contributed by atoms with Gasteiger partial charge in [0, 0.05) is 17.7 Å². The van der Waals surface area contributed by atoms with Crippen molar-refractivity contribution in [3.05, 3.63) is 80.4 Å². The molecular weight excluding hydrogens is 386 g/mol. The van der Waals surface area contributed by atoms with E-state index in [1.54, 1.807) is 12.1 Å². The van der Waals surface area contributed by atoms with Crippen molar-refractivity contribution >= 4 is 5.69 Å². The molecule has 0 unspecified atom stereocenters. The van der Waals surface area contributed by atoms with Crippen molar-refractivity contribution in [1.82, 2.24) is 0 Å². The minimum atomic E-state index is -0.373. The van der Waals surface area contributed by atoms with Crippen LogP contribution in [0.3, 0.4) is 0 Å². The predicted octanol–water partition coefficient (Wildman–Crippen LogP) is 7.85. The fourth-order valence-corrected chi connectivity index (χ4v) is 4.78. The Bertz CT molecular complexity index is 942. The van der Waals surface area contributed by atoms with Crippen molar-refractivity contribution in [3.8, 4) is 5.75 Å². The SMILES string of the molecule is CC(C)=CCC[C@H](C)[C@@H]1CC[C@@H](C)c2c(OCc3ccc([N+](=O)[O-])cc3)cc(C)cc21. The summed E-state index contributed by atoms with van der Waals surface area (Å²) in [5.41, 5.74) is 6.49. The Morgan fingerprint density at radius 3 is 2.58 bits per heavy atom. The van der Waals surface area contributed by atoms with E-state index in [0.717, 1.165) is 17.7 Å². The summed E-state index contributed by atoms with van der Waals surface area (Å²) in [6.45, 7) is 11.6. The van der Waals surface area contributed by atoms with Crippen molar-refractivity contribution in [2.75, 3.05) is 0 Å². The van der Waals surface area contributed by atoms with E-state index in [-0.39, 0.29) is 10.6 Å². The maximum atomic E-state index is 10.9. The number of aryl methyl sites for hydroxylation is 1. The highest BCUT2D eigenvalue weighted by atomic mass is 16.6. The molecule has 0 fully saturated rings. The fourth-order valence-electron chi connectivity index (χ4n) is 4.78. The number of hydrogen-bond acceptors (Lipinski definition) is 3. The van der Waals surface area contributed by atoms with Crippen LogP contribution in [-0.2, 0) is 6.61 Å². The monoisotopic (exact) mass is 421 g/mol. The number of benzene rings is 2. The molecule has 0 radical (unpaired) electrons. The standard InChI is InChI=1S/C27H35NO3/c1-18(2)7-6-8-20(4)24-14-9-21(5)27-25(24)15-19(3)16-26(27)31-17-22-10-12-23(13-11-22)28(29)30/h7,10-13,15-16,20-21,24H,6,8-9,14,17H2,1-5H3/t20-,21+,24-/m0/s1. The van der Waals surface area contributed by atoms with Crippen molar-refractivity contribution in [2.24, 2.45) is 5.92 Å². The molecule has 1 aliphatic carbocycles. The molecule has 0 spiro atoms. The van der Waals surface area contributed by atoms with Crippen LogP contribution in [0, 0.1) is 23.0 Å². The van der Waals surface area contributed by atoms with E-state index in [9.17, 15) is 10.1 Å². The van der Waals surface area contributed by atoms with Crippen LogP contribution in [0.4, 0.5) is 5.69 Å². The zero-order valence-electron chi connectivity index (χ0n) is 19.5. The molecule has 166 valence electrons. The molecule has 3 rings (SSSR count). The van der Waals surface area contributed by atoms with E-state index in [1.165, 1.54) is 53.7 Å². The van der Waals surface area contributed by atoms with Crippen LogP contribution in [0.1, 0.15) is 87.5 Å². The smallest absolute Gasteiger partial charge is 0.269 e. The molecule has 3 atom stereocenters. The molecule has 0 bridgehead atoms. The Labute approximate surface area is 186 Å². The molecule has 31 heavy (non-hydrogen) atoms. The first-order chi connectivity index (χ1) is 14.8. The van der Waals surface area contributed by atoms with Gasteiger partial charge in [-0.3, -0.25) is 10.1 Å². The van der Waals surface area contributed by atoms with Crippen molar-refractivity contribution in [3.63, 3.8) is 0 Å². The first-order valence-electron chi connectivity index (χ1n) is 11.4. The first kappa shape index (κ1) is 23.1. The van der Waals surface area contributed by atoms with Gasteiger partial charge in [0.1, 0.15) is 12.4 Å². The average molecular weight is 422 g/mol. The highest BCUT2D eigenvalue weighted by molar-refractivity contribution is 5.49. The molecule has 0 saturated carbocycles. The van der Waals surface area contributed by atoms with E-state index >= 15 is 0 Å². The van der Waals surface area contributed by atoms with Gasteiger partial charge in [0.2, 0.25) is 0 Å². The first-order valence-corrected chi connectivity index (χ1v) is 11.4. The molecular formula is C27H35NO3. The number of nitro benzene ring substituents is 1. The average Bonchev–Trinajstić information content (AvgIpc) is 2.71. The third-order valence-electron chi connectivity index (χ3n) is 6.52. The molecule has 2 aromatic rings. The van der Waals surface area contributed by atoms with E-state index in [0.29, 0.717) is 24.4 Å². The highest BCUT2D eigenvalue weighted by Gasteiger charge is 2.31. The second-order valence-electron chi connectivity index (χ2n) is 9.40. The number of hydrogen-bond donors (Lipinski definition) is 0. The Morgan fingerprint density at radius 1 is 1.23 bits per heavy atom. The van der Waals surface area contributed by atoms with Crippen LogP contribution in [0.5, 0.6) is 5.75 Å². The number of rotatable bonds is 8. The van der Waals surface area contributed by atoms with Crippen LogP contribution in [0.2, 0.25) is 0 Å². The highest BCUT2D eigenvalue weighted by Crippen LogP contribution is 2.47. The van der Waals surface area contributed by atoms with Crippen LogP contribution in [0.25, 0.3) is 0 Å². The molecule has 0 saturated heterocycles. The number of nitrogens with zero attached hydrogens (tertiary/aromatic N) is 1. The van der Waals surface area contributed by atoms with E-state index in [4.69, 9.17) is 4.74 Å². The lowest BCUT2D eigenvalue weighted by Gasteiger charge is -2.35. The van der Waals surface area contributed by atoms with Gasteiger partial charge < -0.3 is 4.74 Å². The van der Waals surface area contributed by atoms with Gasteiger partial charge in [-0.2, -0.15) is 0 Å². The van der Waals surface area contributed by atoms with Crippen LogP contribution in [-0.4, -0.2) is 4.92 Å². The van der Waals surface area contributed by atoms with Crippen LogP contribution >= 0.6 is 0 Å². The second kappa shape index (κ2) is 10.1. The van der Waals surface area contributed by atoms with E-state index in [1.807, 2.05) is 0 Å². The lowest BCUT2D eigenvalue weighted by molar-refractivity contribution is -0.384. The van der Waals surface area contributed by atoms with Gasteiger partial charge in [-0.15, -0.1) is 0 Å². The van der Waals surface area contributed by atoms with Gasteiger partial charge in [-0.05, 0) is 99.1 Å². The number of ether oxygens (including phenoxy) is 1. The van der Waals surface area contributed by atoms with Gasteiger partial charge in [0.25, 0.3) is 5.69 Å². The Morgan fingerprint density at radius 2 is 1.94 bits per heavy atom. The third-order valence-corrected chi connectivity index (χ3v) is 6.52. The zero-order valence-corrected chi connectivity index (χ0v) is 19.5. The van der Waals surface area contributed by atoms with Crippen molar-refractivity contribution in [1.29, 1.82) is 0 Å². The van der Waals surface area contributed by atoms with Crippen molar-refractivity contribution < 1.29 is 9.66 Å². The molecule has 0 aliphatic heterocycles. The minimum Gasteiger partial charge on any atom is -0.489 e. The number of nitro groups is 1. The normalized spacial score (nSPS) is 18.7. The Hall–Kier alpha value is -2.62. The molecule has 0 aromatic heterocycles. The summed E-state index contributed by atoms with van der Waals surface area (Å²) in [7, 11) is 0. The van der Waals surface area contributed by atoms with E-state index < -0.39 is 0 Å². The molecule has 4 heteroatoms. The largest absolute Gasteiger partial charge is 0.489 e. The molecule has 0 heterocycles. The molecule has 1 aliphatic rings. The summed E-state index contributed by atoms with van der Waals surface area (Å²) in [6, 6.07) is 11.1. The topological polar surface area (TPSA) is 52.4 Å². The summed E-state index contributed by atoms with van der Waals surface area (Å²) in [5.74, 6) is 2.65. The summed E-state index contributed by atoms with van der Waals surface area (Å²) in [6.07, 6.45) is 7.10. The summed E-state index contributed by atoms with van der Waals surface area (Å²) in [5, 5.41) is 10.9. The minimum absolute atomic E-state index is 0.107. The zero-order chi connectivity index (χ0) is 22.5. The van der Waals surface area contributed by atoms with Crippen LogP contribution in [0.15, 0.2) is 48.0 Å². The van der Waals surface area contributed by atoms with Gasteiger partial charge in [0.15, 0.2) is 0 Å². The van der Waals surface area contributed by atoms with Gasteiger partial charge in [0.05, 0.1) is 4.92 Å². The number of fused-ring (bicyclic) bond motifs is 1. The maximum absolute atomic E-state index is 10.9. The second-order valence-corrected chi connectivity index (χ2v) is 9.40. The lowest BCUT2D eigenvalue weighted by Crippen LogP contribution is -2.20. The third kappa shape index (κ3) is 5.75. The summed E-state index contributed by atoms with van der Waals surface area (Å²) < 4.78 is 6.30. The Kier molecular flexibility index (Phi) is 7.53. The summed E-state index contributed by atoms with van der Waals surface area (Å²) in [4.78, 5) is 10.5. The molecule has 4 nitrogen and oxygen atoms in total. The van der Waals surface area contributed by atoms with Crippen molar-refractivity contribution in [2.45, 2.75) is 78.7 Å². The molecule has 2 aromatic carbocycles. The molecule has 0 N–H and O–H groups in total. The number of non-ortho nitro benzene ring substituents is 1.